The molecule has 7 nitrogen and oxygen atoms in total. The molecule has 7 heteroatoms. The lowest BCUT2D eigenvalue weighted by molar-refractivity contribution is -0.134. The molecule has 0 saturated heterocycles. The summed E-state index contributed by atoms with van der Waals surface area (Å²) in [4.78, 5) is 29.2. The molecule has 1 fully saturated rings. The zero-order valence-electron chi connectivity index (χ0n) is 22.5. The summed E-state index contributed by atoms with van der Waals surface area (Å²) in [6.45, 7) is 11.6. The summed E-state index contributed by atoms with van der Waals surface area (Å²) in [5, 5.41) is 8.06. The van der Waals surface area contributed by atoms with E-state index in [9.17, 15) is 9.59 Å². The molecule has 1 aliphatic heterocycles. The lowest BCUT2D eigenvalue weighted by Gasteiger charge is -2.44. The zero-order chi connectivity index (χ0) is 25.9. The smallest absolute Gasteiger partial charge is 0.273 e. The molecule has 1 N–H and O–H groups in total. The van der Waals surface area contributed by atoms with Crippen molar-refractivity contribution >= 4 is 11.8 Å². The third-order valence-corrected chi connectivity index (χ3v) is 7.58. The average molecular weight is 495 g/mol. The van der Waals surface area contributed by atoms with Gasteiger partial charge in [-0.2, -0.15) is 5.10 Å². The standard InChI is InChI=1S/C29H42N4O3/c1-20(2)22-12-14-23(15-13-22)25-18-26-27(34)32(16-9-17-36-21(3)4)29(5,19-33(26)31-25)28(35)30-24-10-7-6-8-11-24/h12-15,18,20-21,24H,6-11,16-17,19H2,1-5H3,(H,30,35)/t29-/m0/s1. The summed E-state index contributed by atoms with van der Waals surface area (Å²) >= 11 is 0. The van der Waals surface area contributed by atoms with Gasteiger partial charge in [0.1, 0.15) is 11.2 Å². The van der Waals surface area contributed by atoms with Crippen LogP contribution in [0.15, 0.2) is 30.3 Å². The number of hydrogen-bond acceptors (Lipinski definition) is 4. The Kier molecular flexibility index (Phi) is 8.18. The topological polar surface area (TPSA) is 76.5 Å². The summed E-state index contributed by atoms with van der Waals surface area (Å²) in [6.07, 6.45) is 6.31. The Hall–Kier alpha value is -2.67. The summed E-state index contributed by atoms with van der Waals surface area (Å²) in [7, 11) is 0. The van der Waals surface area contributed by atoms with Gasteiger partial charge in [-0.1, -0.05) is 57.4 Å². The van der Waals surface area contributed by atoms with Crippen molar-refractivity contribution in [3.63, 3.8) is 0 Å². The Bertz CT molecular complexity index is 1050. The first-order valence-corrected chi connectivity index (χ1v) is 13.6. The van der Waals surface area contributed by atoms with Crippen molar-refractivity contribution in [3.05, 3.63) is 41.6 Å². The number of ether oxygens (including phenoxy) is 1. The fraction of sp³-hybridized carbons (Fsp3) is 0.621. The normalized spacial score (nSPS) is 20.8. The van der Waals surface area contributed by atoms with Crippen LogP contribution in [0.25, 0.3) is 11.3 Å². The molecule has 196 valence electrons. The van der Waals surface area contributed by atoms with Crippen LogP contribution in [0.5, 0.6) is 0 Å². The Labute approximate surface area is 215 Å². The van der Waals surface area contributed by atoms with Gasteiger partial charge in [-0.15, -0.1) is 0 Å². The fourth-order valence-corrected chi connectivity index (χ4v) is 5.30. The van der Waals surface area contributed by atoms with E-state index in [2.05, 4.69) is 43.4 Å². The minimum Gasteiger partial charge on any atom is -0.379 e. The third kappa shape index (κ3) is 5.66. The predicted octanol–water partition coefficient (Wildman–Crippen LogP) is 5.15. The van der Waals surface area contributed by atoms with Crippen LogP contribution in [-0.2, 0) is 16.1 Å². The van der Waals surface area contributed by atoms with Gasteiger partial charge in [-0.05, 0) is 57.6 Å². The van der Waals surface area contributed by atoms with Crippen molar-refractivity contribution in [2.75, 3.05) is 13.2 Å². The maximum Gasteiger partial charge on any atom is 0.273 e. The molecule has 2 amide bonds. The largest absolute Gasteiger partial charge is 0.379 e. The summed E-state index contributed by atoms with van der Waals surface area (Å²) in [5.74, 6) is 0.216. The van der Waals surface area contributed by atoms with Gasteiger partial charge in [-0.25, -0.2) is 0 Å². The molecule has 0 unspecified atom stereocenters. The van der Waals surface area contributed by atoms with Gasteiger partial charge >= 0.3 is 0 Å². The highest BCUT2D eigenvalue weighted by Gasteiger charge is 2.48. The summed E-state index contributed by atoms with van der Waals surface area (Å²) in [5.41, 5.74) is 2.52. The van der Waals surface area contributed by atoms with E-state index in [1.807, 2.05) is 26.8 Å². The van der Waals surface area contributed by atoms with Gasteiger partial charge in [0.2, 0.25) is 5.91 Å². The second kappa shape index (κ2) is 11.2. The van der Waals surface area contributed by atoms with E-state index in [0.29, 0.717) is 37.7 Å². The maximum atomic E-state index is 13.8. The van der Waals surface area contributed by atoms with Gasteiger partial charge in [-0.3, -0.25) is 14.3 Å². The first-order valence-electron chi connectivity index (χ1n) is 13.6. The SMILES string of the molecule is CC(C)OCCCN1C(=O)c2cc(-c3ccc(C(C)C)cc3)nn2C[C@@]1(C)C(=O)NC1CCCCC1. The Morgan fingerprint density at radius 3 is 2.47 bits per heavy atom. The number of carbonyl (C=O) groups is 2. The Balaban J connectivity index is 1.60. The molecule has 1 aromatic heterocycles. The van der Waals surface area contributed by atoms with Gasteiger partial charge in [0.15, 0.2) is 0 Å². The highest BCUT2D eigenvalue weighted by molar-refractivity contribution is 6.00. The molecular formula is C29H42N4O3. The molecule has 1 saturated carbocycles. The van der Waals surface area contributed by atoms with Crippen LogP contribution in [0.2, 0.25) is 0 Å². The molecule has 0 bridgehead atoms. The quantitative estimate of drug-likeness (QED) is 0.489. The van der Waals surface area contributed by atoms with Crippen molar-refractivity contribution in [3.8, 4) is 11.3 Å². The van der Waals surface area contributed by atoms with Crippen molar-refractivity contribution < 1.29 is 14.3 Å². The molecular weight excluding hydrogens is 452 g/mol. The fourth-order valence-electron chi connectivity index (χ4n) is 5.30. The zero-order valence-corrected chi connectivity index (χ0v) is 22.5. The number of carbonyl (C=O) groups excluding carboxylic acids is 2. The van der Waals surface area contributed by atoms with Gasteiger partial charge in [0.05, 0.1) is 18.3 Å². The first kappa shape index (κ1) is 26.4. The number of amides is 2. The molecule has 0 spiro atoms. The van der Waals surface area contributed by atoms with Crippen LogP contribution in [0.1, 0.15) is 95.1 Å². The van der Waals surface area contributed by atoms with E-state index < -0.39 is 5.54 Å². The number of rotatable bonds is 9. The van der Waals surface area contributed by atoms with E-state index in [-0.39, 0.29) is 24.0 Å². The van der Waals surface area contributed by atoms with E-state index in [0.717, 1.165) is 36.9 Å². The lowest BCUT2D eigenvalue weighted by atomic mass is 9.91. The second-order valence-corrected chi connectivity index (χ2v) is 11.2. The summed E-state index contributed by atoms with van der Waals surface area (Å²) in [6, 6.07) is 10.4. The average Bonchev–Trinajstić information content (AvgIpc) is 3.28. The highest BCUT2D eigenvalue weighted by Crippen LogP contribution is 2.31. The minimum absolute atomic E-state index is 0.0866. The number of fused-ring (bicyclic) bond motifs is 1. The van der Waals surface area contributed by atoms with E-state index in [4.69, 9.17) is 9.84 Å². The first-order chi connectivity index (χ1) is 17.2. The van der Waals surface area contributed by atoms with Crippen molar-refractivity contribution in [2.24, 2.45) is 0 Å². The highest BCUT2D eigenvalue weighted by atomic mass is 16.5. The molecule has 4 rings (SSSR count). The van der Waals surface area contributed by atoms with E-state index in [1.54, 1.807) is 9.58 Å². The van der Waals surface area contributed by atoms with Crippen LogP contribution in [0.4, 0.5) is 0 Å². The van der Waals surface area contributed by atoms with Crippen molar-refractivity contribution in [1.29, 1.82) is 0 Å². The predicted molar refractivity (Wildman–Crippen MR) is 142 cm³/mol. The maximum absolute atomic E-state index is 13.8. The van der Waals surface area contributed by atoms with Crippen LogP contribution in [0.3, 0.4) is 0 Å². The number of benzene rings is 1. The second-order valence-electron chi connectivity index (χ2n) is 11.2. The molecule has 1 atom stereocenters. The molecule has 1 aliphatic carbocycles. The van der Waals surface area contributed by atoms with Crippen LogP contribution in [0, 0.1) is 0 Å². The van der Waals surface area contributed by atoms with Gasteiger partial charge < -0.3 is 15.0 Å². The van der Waals surface area contributed by atoms with E-state index in [1.165, 1.54) is 12.0 Å². The van der Waals surface area contributed by atoms with Crippen LogP contribution in [-0.4, -0.2) is 57.3 Å². The molecule has 2 heterocycles. The summed E-state index contributed by atoms with van der Waals surface area (Å²) < 4.78 is 7.45. The Morgan fingerprint density at radius 1 is 1.14 bits per heavy atom. The van der Waals surface area contributed by atoms with Crippen molar-refractivity contribution in [1.82, 2.24) is 20.0 Å². The number of aromatic nitrogens is 2. The molecule has 2 aliphatic rings. The Morgan fingerprint density at radius 2 is 1.83 bits per heavy atom. The molecule has 1 aromatic carbocycles. The third-order valence-electron chi connectivity index (χ3n) is 7.58. The lowest BCUT2D eigenvalue weighted by Crippen LogP contribution is -2.65. The molecule has 0 radical (unpaired) electrons. The monoisotopic (exact) mass is 494 g/mol. The minimum atomic E-state index is -1.01. The van der Waals surface area contributed by atoms with Gasteiger partial charge in [0, 0.05) is 24.8 Å². The molecule has 36 heavy (non-hydrogen) atoms. The van der Waals surface area contributed by atoms with Crippen LogP contribution >= 0.6 is 0 Å². The number of nitrogens with one attached hydrogen (secondary N) is 1. The number of hydrogen-bond donors (Lipinski definition) is 1. The van der Waals surface area contributed by atoms with Crippen LogP contribution < -0.4 is 5.32 Å². The van der Waals surface area contributed by atoms with Gasteiger partial charge in [0.25, 0.3) is 5.91 Å². The van der Waals surface area contributed by atoms with Crippen molar-refractivity contribution in [2.45, 2.75) is 103 Å². The molecule has 2 aromatic rings. The van der Waals surface area contributed by atoms with E-state index >= 15 is 0 Å². The number of nitrogens with zero attached hydrogens (tertiary/aromatic N) is 3.